The zero-order valence-corrected chi connectivity index (χ0v) is 18.2. The number of amides is 1. The number of carbonyl (C=O) groups is 2. The molecule has 0 aliphatic heterocycles. The van der Waals surface area contributed by atoms with E-state index in [1.807, 2.05) is 30.3 Å². The van der Waals surface area contributed by atoms with Crippen LogP contribution in [0.4, 0.5) is 0 Å². The standard InChI is InChI=1S/C21H26N2O6S/c1-15(2)22-30(26,27)19-12-17(10-11-18(19)28-3)21(25)23(14-20(24)29-4)13-16-8-6-5-7-9-16/h5-12,15,22H,13-14H2,1-4H3. The van der Waals surface area contributed by atoms with Gasteiger partial charge in [0.2, 0.25) is 10.0 Å². The van der Waals surface area contributed by atoms with Gasteiger partial charge in [0.05, 0.1) is 14.2 Å². The van der Waals surface area contributed by atoms with E-state index in [0.29, 0.717) is 0 Å². The Balaban J connectivity index is 2.44. The van der Waals surface area contributed by atoms with Crippen molar-refractivity contribution in [1.82, 2.24) is 9.62 Å². The minimum absolute atomic E-state index is 0.111. The number of nitrogens with zero attached hydrogens (tertiary/aromatic N) is 1. The molecule has 30 heavy (non-hydrogen) atoms. The van der Waals surface area contributed by atoms with E-state index in [2.05, 4.69) is 4.72 Å². The van der Waals surface area contributed by atoms with E-state index in [4.69, 9.17) is 9.47 Å². The Kier molecular flexibility index (Phi) is 7.96. The van der Waals surface area contributed by atoms with E-state index in [0.717, 1.165) is 5.56 Å². The maximum Gasteiger partial charge on any atom is 0.325 e. The second kappa shape index (κ2) is 10.2. The van der Waals surface area contributed by atoms with Crippen LogP contribution in [0.3, 0.4) is 0 Å². The number of esters is 1. The first kappa shape index (κ1) is 23.4. The summed E-state index contributed by atoms with van der Waals surface area (Å²) in [5.41, 5.74) is 0.928. The third-order valence-electron chi connectivity index (χ3n) is 4.14. The minimum Gasteiger partial charge on any atom is -0.495 e. The Morgan fingerprint density at radius 1 is 1.07 bits per heavy atom. The molecule has 1 N–H and O–H groups in total. The van der Waals surface area contributed by atoms with Crippen molar-refractivity contribution in [3.8, 4) is 5.75 Å². The summed E-state index contributed by atoms with van der Waals surface area (Å²) in [6.07, 6.45) is 0. The van der Waals surface area contributed by atoms with Crippen molar-refractivity contribution in [2.75, 3.05) is 20.8 Å². The number of ether oxygens (including phenoxy) is 2. The highest BCUT2D eigenvalue weighted by Crippen LogP contribution is 2.26. The topological polar surface area (TPSA) is 102 Å². The molecule has 0 atom stereocenters. The van der Waals surface area contributed by atoms with Crippen LogP contribution in [0, 0.1) is 0 Å². The van der Waals surface area contributed by atoms with Crippen molar-refractivity contribution >= 4 is 21.9 Å². The Labute approximate surface area is 176 Å². The zero-order valence-electron chi connectivity index (χ0n) is 17.4. The summed E-state index contributed by atoms with van der Waals surface area (Å²) in [7, 11) is -1.32. The summed E-state index contributed by atoms with van der Waals surface area (Å²) in [6, 6.07) is 12.9. The second-order valence-corrected chi connectivity index (χ2v) is 8.55. The average Bonchev–Trinajstić information content (AvgIpc) is 2.72. The Bertz CT molecular complexity index is 990. The van der Waals surface area contributed by atoms with Crippen LogP contribution >= 0.6 is 0 Å². The van der Waals surface area contributed by atoms with E-state index in [9.17, 15) is 18.0 Å². The first-order valence-corrected chi connectivity index (χ1v) is 10.8. The van der Waals surface area contributed by atoms with Gasteiger partial charge >= 0.3 is 5.97 Å². The van der Waals surface area contributed by atoms with Gasteiger partial charge in [0, 0.05) is 18.2 Å². The number of hydrogen-bond acceptors (Lipinski definition) is 6. The number of sulfonamides is 1. The molecule has 2 aromatic rings. The van der Waals surface area contributed by atoms with Crippen LogP contribution in [-0.2, 0) is 26.1 Å². The van der Waals surface area contributed by atoms with Crippen LogP contribution in [0.15, 0.2) is 53.4 Å². The molecular formula is C21H26N2O6S. The number of hydrogen-bond donors (Lipinski definition) is 1. The van der Waals surface area contributed by atoms with E-state index < -0.39 is 21.9 Å². The molecule has 0 spiro atoms. The fourth-order valence-electron chi connectivity index (χ4n) is 2.80. The van der Waals surface area contributed by atoms with Crippen LogP contribution in [0.2, 0.25) is 0 Å². The molecule has 9 heteroatoms. The lowest BCUT2D eigenvalue weighted by atomic mass is 10.1. The molecule has 0 unspecified atom stereocenters. The molecule has 162 valence electrons. The summed E-state index contributed by atoms with van der Waals surface area (Å²) < 4.78 is 37.7. The number of carbonyl (C=O) groups excluding carboxylic acids is 2. The number of benzene rings is 2. The molecule has 1 amide bonds. The molecule has 0 aromatic heterocycles. The molecule has 2 aromatic carbocycles. The molecule has 2 rings (SSSR count). The van der Waals surface area contributed by atoms with Gasteiger partial charge in [-0.05, 0) is 37.6 Å². The van der Waals surface area contributed by atoms with Crippen LogP contribution in [0.1, 0.15) is 29.8 Å². The molecule has 8 nitrogen and oxygen atoms in total. The van der Waals surface area contributed by atoms with E-state index in [1.165, 1.54) is 37.3 Å². The molecule has 0 saturated carbocycles. The molecule has 0 aliphatic carbocycles. The highest BCUT2D eigenvalue weighted by Gasteiger charge is 2.25. The van der Waals surface area contributed by atoms with Crippen LogP contribution in [-0.4, -0.2) is 52.0 Å². The van der Waals surface area contributed by atoms with Crippen molar-refractivity contribution in [2.24, 2.45) is 0 Å². The largest absolute Gasteiger partial charge is 0.495 e. The first-order valence-electron chi connectivity index (χ1n) is 9.28. The van der Waals surface area contributed by atoms with Crippen molar-refractivity contribution in [3.63, 3.8) is 0 Å². The molecule has 0 radical (unpaired) electrons. The van der Waals surface area contributed by atoms with Gasteiger partial charge in [-0.3, -0.25) is 9.59 Å². The maximum atomic E-state index is 13.2. The molecular weight excluding hydrogens is 408 g/mol. The molecule has 0 fully saturated rings. The summed E-state index contributed by atoms with van der Waals surface area (Å²) >= 11 is 0. The van der Waals surface area contributed by atoms with Gasteiger partial charge in [-0.2, -0.15) is 0 Å². The minimum atomic E-state index is -3.91. The van der Waals surface area contributed by atoms with Crippen LogP contribution < -0.4 is 9.46 Å². The fraction of sp³-hybridized carbons (Fsp3) is 0.333. The lowest BCUT2D eigenvalue weighted by Crippen LogP contribution is -2.36. The van der Waals surface area contributed by atoms with Crippen molar-refractivity contribution < 1.29 is 27.5 Å². The van der Waals surface area contributed by atoms with E-state index in [1.54, 1.807) is 13.8 Å². The van der Waals surface area contributed by atoms with Crippen LogP contribution in [0.5, 0.6) is 5.75 Å². The highest BCUT2D eigenvalue weighted by molar-refractivity contribution is 7.89. The average molecular weight is 435 g/mol. The summed E-state index contributed by atoms with van der Waals surface area (Å²) in [5, 5.41) is 0. The monoisotopic (exact) mass is 434 g/mol. The van der Waals surface area contributed by atoms with E-state index in [-0.39, 0.29) is 35.3 Å². The van der Waals surface area contributed by atoms with E-state index >= 15 is 0 Å². The van der Waals surface area contributed by atoms with Gasteiger partial charge in [0.1, 0.15) is 17.2 Å². The Morgan fingerprint density at radius 3 is 2.30 bits per heavy atom. The predicted octanol–water partition coefficient (Wildman–Crippen LogP) is 2.20. The third-order valence-corrected chi connectivity index (χ3v) is 5.82. The summed E-state index contributed by atoms with van der Waals surface area (Å²) in [6.45, 7) is 3.27. The Hall–Kier alpha value is -2.91. The van der Waals surface area contributed by atoms with Gasteiger partial charge < -0.3 is 14.4 Å². The molecule has 0 bridgehead atoms. The van der Waals surface area contributed by atoms with Gasteiger partial charge in [0.15, 0.2) is 0 Å². The van der Waals surface area contributed by atoms with Crippen LogP contribution in [0.25, 0.3) is 0 Å². The summed E-state index contributed by atoms with van der Waals surface area (Å²) in [4.78, 5) is 26.2. The predicted molar refractivity (Wildman–Crippen MR) is 112 cm³/mol. The number of rotatable bonds is 9. The maximum absolute atomic E-state index is 13.2. The zero-order chi connectivity index (χ0) is 22.3. The van der Waals surface area contributed by atoms with Gasteiger partial charge in [-0.1, -0.05) is 30.3 Å². The fourth-order valence-corrected chi connectivity index (χ4v) is 4.25. The number of methoxy groups -OCH3 is 2. The van der Waals surface area contributed by atoms with Crippen molar-refractivity contribution in [2.45, 2.75) is 31.3 Å². The molecule has 0 heterocycles. The summed E-state index contributed by atoms with van der Waals surface area (Å²) in [5.74, 6) is -0.975. The SMILES string of the molecule is COC(=O)CN(Cc1ccccc1)C(=O)c1ccc(OC)c(S(=O)(=O)NC(C)C)c1. The van der Waals surface area contributed by atoms with Gasteiger partial charge in [-0.15, -0.1) is 0 Å². The van der Waals surface area contributed by atoms with Gasteiger partial charge in [0.25, 0.3) is 5.91 Å². The quantitative estimate of drug-likeness (QED) is 0.607. The normalized spacial score (nSPS) is 11.2. The van der Waals surface area contributed by atoms with Crippen molar-refractivity contribution in [1.29, 1.82) is 0 Å². The second-order valence-electron chi connectivity index (χ2n) is 6.86. The highest BCUT2D eigenvalue weighted by atomic mass is 32.2. The van der Waals surface area contributed by atoms with Gasteiger partial charge in [-0.25, -0.2) is 13.1 Å². The van der Waals surface area contributed by atoms with Crippen molar-refractivity contribution in [3.05, 3.63) is 59.7 Å². The first-order chi connectivity index (χ1) is 14.2. The third kappa shape index (κ3) is 6.04. The lowest BCUT2D eigenvalue weighted by Gasteiger charge is -2.22. The molecule has 0 aliphatic rings. The smallest absolute Gasteiger partial charge is 0.325 e. The number of nitrogens with one attached hydrogen (secondary N) is 1. The lowest BCUT2D eigenvalue weighted by molar-refractivity contribution is -0.141. The Morgan fingerprint density at radius 2 is 1.73 bits per heavy atom. The molecule has 0 saturated heterocycles.